The lowest BCUT2D eigenvalue weighted by molar-refractivity contribution is -0.125. The van der Waals surface area contributed by atoms with E-state index in [9.17, 15) is 4.79 Å². The molecular formula is C11H15ClN2O. The Balaban J connectivity index is 2.51. The fourth-order valence-corrected chi connectivity index (χ4v) is 1.14. The molecule has 0 aliphatic carbocycles. The Morgan fingerprint density at radius 3 is 2.40 bits per heavy atom. The smallest absolute Gasteiger partial charge is 0.239 e. The number of carbonyl (C=O) groups excluding carboxylic acids is 1. The average Bonchev–Trinajstić information content (AvgIpc) is 2.15. The molecule has 4 heteroatoms. The van der Waals surface area contributed by atoms with Crippen LogP contribution in [0.3, 0.4) is 0 Å². The summed E-state index contributed by atoms with van der Waals surface area (Å²) in [6.07, 6.45) is 0. The number of nitrogens with one attached hydrogen (secondary N) is 1. The number of nitrogens with two attached hydrogens (primary N) is 1. The molecule has 0 aromatic heterocycles. The lowest BCUT2D eigenvalue weighted by Crippen LogP contribution is -2.48. The first-order valence-electron chi connectivity index (χ1n) is 4.71. The molecule has 0 atom stereocenters. The van der Waals surface area contributed by atoms with Gasteiger partial charge in [0.05, 0.1) is 5.54 Å². The molecule has 3 nitrogen and oxygen atoms in total. The summed E-state index contributed by atoms with van der Waals surface area (Å²) < 4.78 is 0. The third-order valence-corrected chi connectivity index (χ3v) is 2.20. The highest BCUT2D eigenvalue weighted by molar-refractivity contribution is 6.30. The lowest BCUT2D eigenvalue weighted by Gasteiger charge is -2.17. The van der Waals surface area contributed by atoms with Crippen LogP contribution in [0, 0.1) is 0 Å². The van der Waals surface area contributed by atoms with Gasteiger partial charge in [0.15, 0.2) is 0 Å². The predicted octanol–water partition coefficient (Wildman–Crippen LogP) is 1.69. The van der Waals surface area contributed by atoms with E-state index in [2.05, 4.69) is 5.32 Å². The fourth-order valence-electron chi connectivity index (χ4n) is 1.01. The maximum atomic E-state index is 11.4. The number of hydrogen-bond acceptors (Lipinski definition) is 2. The molecule has 0 radical (unpaired) electrons. The Kier molecular flexibility index (Phi) is 3.72. The average molecular weight is 227 g/mol. The Labute approximate surface area is 94.6 Å². The summed E-state index contributed by atoms with van der Waals surface area (Å²) in [5.74, 6) is -0.169. The zero-order valence-corrected chi connectivity index (χ0v) is 9.64. The van der Waals surface area contributed by atoms with Crippen LogP contribution in [-0.4, -0.2) is 11.4 Å². The second-order valence-corrected chi connectivity index (χ2v) is 4.47. The minimum Gasteiger partial charge on any atom is -0.350 e. The molecule has 3 N–H and O–H groups in total. The number of halogens is 1. The molecule has 0 aliphatic rings. The first-order valence-corrected chi connectivity index (χ1v) is 5.09. The molecule has 1 rings (SSSR count). The van der Waals surface area contributed by atoms with Gasteiger partial charge in [-0.05, 0) is 31.5 Å². The van der Waals surface area contributed by atoms with E-state index in [4.69, 9.17) is 17.3 Å². The topological polar surface area (TPSA) is 55.1 Å². The predicted molar refractivity (Wildman–Crippen MR) is 61.6 cm³/mol. The third-order valence-electron chi connectivity index (χ3n) is 1.95. The number of benzene rings is 1. The van der Waals surface area contributed by atoms with Gasteiger partial charge in [0.25, 0.3) is 0 Å². The van der Waals surface area contributed by atoms with E-state index in [0.717, 1.165) is 5.56 Å². The van der Waals surface area contributed by atoms with Crippen LogP contribution < -0.4 is 11.1 Å². The molecule has 1 aromatic carbocycles. The molecule has 0 saturated heterocycles. The second-order valence-electron chi connectivity index (χ2n) is 4.03. The van der Waals surface area contributed by atoms with E-state index < -0.39 is 5.54 Å². The molecule has 82 valence electrons. The zero-order chi connectivity index (χ0) is 11.5. The van der Waals surface area contributed by atoms with Crippen LogP contribution in [0.5, 0.6) is 0 Å². The molecular weight excluding hydrogens is 212 g/mol. The highest BCUT2D eigenvalue weighted by atomic mass is 35.5. The minimum absolute atomic E-state index is 0.169. The summed E-state index contributed by atoms with van der Waals surface area (Å²) in [6.45, 7) is 3.81. The van der Waals surface area contributed by atoms with E-state index >= 15 is 0 Å². The molecule has 0 spiro atoms. The van der Waals surface area contributed by atoms with Gasteiger partial charge in [0.1, 0.15) is 0 Å². The molecule has 1 aromatic rings. The van der Waals surface area contributed by atoms with Gasteiger partial charge in [0, 0.05) is 11.6 Å². The summed E-state index contributed by atoms with van der Waals surface area (Å²) in [5, 5.41) is 3.44. The Bertz CT molecular complexity index is 341. The number of amides is 1. The SMILES string of the molecule is CC(C)(N)C(=O)NCc1ccc(Cl)cc1. The van der Waals surface area contributed by atoms with Crippen LogP contribution >= 0.6 is 11.6 Å². The Morgan fingerprint density at radius 2 is 1.93 bits per heavy atom. The highest BCUT2D eigenvalue weighted by Gasteiger charge is 2.20. The highest BCUT2D eigenvalue weighted by Crippen LogP contribution is 2.09. The van der Waals surface area contributed by atoms with Crippen molar-refractivity contribution in [3.8, 4) is 0 Å². The van der Waals surface area contributed by atoms with Crippen molar-refractivity contribution in [1.82, 2.24) is 5.32 Å². The third kappa shape index (κ3) is 3.90. The summed E-state index contributed by atoms with van der Waals surface area (Å²) >= 11 is 5.74. The Morgan fingerprint density at radius 1 is 1.40 bits per heavy atom. The maximum Gasteiger partial charge on any atom is 0.239 e. The van der Waals surface area contributed by atoms with Crippen molar-refractivity contribution in [2.24, 2.45) is 5.73 Å². The van der Waals surface area contributed by atoms with Crippen LogP contribution in [-0.2, 0) is 11.3 Å². The van der Waals surface area contributed by atoms with Gasteiger partial charge >= 0.3 is 0 Å². The number of rotatable bonds is 3. The Hall–Kier alpha value is -1.06. The first kappa shape index (κ1) is 12.0. The molecule has 0 aliphatic heterocycles. The largest absolute Gasteiger partial charge is 0.350 e. The van der Waals surface area contributed by atoms with E-state index in [0.29, 0.717) is 11.6 Å². The van der Waals surface area contributed by atoms with Crippen LogP contribution in [0.2, 0.25) is 5.02 Å². The molecule has 15 heavy (non-hydrogen) atoms. The zero-order valence-electron chi connectivity index (χ0n) is 8.88. The molecule has 0 saturated carbocycles. The van der Waals surface area contributed by atoms with Crippen molar-refractivity contribution in [1.29, 1.82) is 0 Å². The number of carbonyl (C=O) groups is 1. The van der Waals surface area contributed by atoms with E-state index in [1.165, 1.54) is 0 Å². The van der Waals surface area contributed by atoms with Crippen molar-refractivity contribution in [3.05, 3.63) is 34.9 Å². The number of hydrogen-bond donors (Lipinski definition) is 2. The summed E-state index contributed by atoms with van der Waals surface area (Å²) in [5.41, 5.74) is 5.79. The molecule has 0 unspecified atom stereocenters. The van der Waals surface area contributed by atoms with Crippen LogP contribution in [0.1, 0.15) is 19.4 Å². The van der Waals surface area contributed by atoms with E-state index in [1.807, 2.05) is 12.1 Å². The molecule has 0 heterocycles. The minimum atomic E-state index is -0.841. The molecule has 0 bridgehead atoms. The van der Waals surface area contributed by atoms with Gasteiger partial charge in [-0.3, -0.25) is 4.79 Å². The van der Waals surface area contributed by atoms with Crippen LogP contribution in [0.4, 0.5) is 0 Å². The van der Waals surface area contributed by atoms with Gasteiger partial charge in [-0.25, -0.2) is 0 Å². The van der Waals surface area contributed by atoms with E-state index in [1.54, 1.807) is 26.0 Å². The van der Waals surface area contributed by atoms with Crippen LogP contribution in [0.15, 0.2) is 24.3 Å². The van der Waals surface area contributed by atoms with E-state index in [-0.39, 0.29) is 5.91 Å². The second kappa shape index (κ2) is 4.64. The molecule has 0 fully saturated rings. The standard InChI is InChI=1S/C11H15ClN2O/c1-11(2,13)10(15)14-7-8-3-5-9(12)6-4-8/h3-6H,7,13H2,1-2H3,(H,14,15). The van der Waals surface area contributed by atoms with Crippen molar-refractivity contribution in [2.75, 3.05) is 0 Å². The normalized spacial score (nSPS) is 11.2. The van der Waals surface area contributed by atoms with Gasteiger partial charge < -0.3 is 11.1 Å². The quantitative estimate of drug-likeness (QED) is 0.824. The van der Waals surface area contributed by atoms with Crippen molar-refractivity contribution in [3.63, 3.8) is 0 Å². The molecule has 1 amide bonds. The van der Waals surface area contributed by atoms with Gasteiger partial charge in [0.2, 0.25) is 5.91 Å². The monoisotopic (exact) mass is 226 g/mol. The van der Waals surface area contributed by atoms with Gasteiger partial charge in [-0.1, -0.05) is 23.7 Å². The summed E-state index contributed by atoms with van der Waals surface area (Å²) in [7, 11) is 0. The fraction of sp³-hybridized carbons (Fsp3) is 0.364. The van der Waals surface area contributed by atoms with Gasteiger partial charge in [-0.15, -0.1) is 0 Å². The van der Waals surface area contributed by atoms with Crippen molar-refractivity contribution >= 4 is 17.5 Å². The lowest BCUT2D eigenvalue weighted by atomic mass is 10.1. The van der Waals surface area contributed by atoms with Crippen LogP contribution in [0.25, 0.3) is 0 Å². The summed E-state index contributed by atoms with van der Waals surface area (Å²) in [4.78, 5) is 11.4. The van der Waals surface area contributed by atoms with Crippen molar-refractivity contribution < 1.29 is 4.79 Å². The maximum absolute atomic E-state index is 11.4. The summed E-state index contributed by atoms with van der Waals surface area (Å²) in [6, 6.07) is 7.31. The first-order chi connectivity index (χ1) is 6.89. The van der Waals surface area contributed by atoms with Gasteiger partial charge in [-0.2, -0.15) is 0 Å². The van der Waals surface area contributed by atoms with Crippen molar-refractivity contribution in [2.45, 2.75) is 25.9 Å².